The molecular weight excluding hydrogens is 174 g/mol. The number of nitrogens with zero attached hydrogens (tertiary/aromatic N) is 1. The van der Waals surface area contributed by atoms with E-state index < -0.39 is 0 Å². The van der Waals surface area contributed by atoms with Gasteiger partial charge in [-0.25, -0.2) is 0 Å². The Kier molecular flexibility index (Phi) is 1.97. The maximum absolute atomic E-state index is 9.58. The number of aromatic hydroxyl groups is 1. The van der Waals surface area contributed by atoms with E-state index in [1.165, 1.54) is 0 Å². The smallest absolute Gasteiger partial charge is 0.123 e. The van der Waals surface area contributed by atoms with Gasteiger partial charge in [0.15, 0.2) is 0 Å². The summed E-state index contributed by atoms with van der Waals surface area (Å²) in [6, 6.07) is 7.33. The van der Waals surface area contributed by atoms with Crippen LogP contribution in [0.15, 0.2) is 30.8 Å². The van der Waals surface area contributed by atoms with Crippen LogP contribution in [0.25, 0.3) is 17.0 Å². The molecule has 0 fully saturated rings. The minimum atomic E-state index is 0.248. The van der Waals surface area contributed by atoms with Crippen LogP contribution in [0.3, 0.4) is 0 Å². The van der Waals surface area contributed by atoms with Crippen molar-refractivity contribution in [3.63, 3.8) is 0 Å². The number of pyridine rings is 1. The molecule has 0 saturated heterocycles. The minimum absolute atomic E-state index is 0.248. The van der Waals surface area contributed by atoms with E-state index in [1.54, 1.807) is 12.1 Å². The van der Waals surface area contributed by atoms with Crippen molar-refractivity contribution in [2.45, 2.75) is 6.92 Å². The van der Waals surface area contributed by atoms with Gasteiger partial charge in [0.05, 0.1) is 5.52 Å². The van der Waals surface area contributed by atoms with Gasteiger partial charge in [-0.3, -0.25) is 4.98 Å². The SMILES string of the molecule is C=Cc1c(O)ccc2nc(C)ccc12. The summed E-state index contributed by atoms with van der Waals surface area (Å²) in [5.74, 6) is 0.248. The van der Waals surface area contributed by atoms with Crippen LogP contribution in [0.4, 0.5) is 0 Å². The zero-order valence-corrected chi connectivity index (χ0v) is 7.99. The standard InChI is InChI=1S/C12H11NO/c1-3-9-10-5-4-8(2)13-11(10)6-7-12(9)14/h3-7,14H,1H2,2H3. The topological polar surface area (TPSA) is 33.1 Å². The molecule has 0 atom stereocenters. The van der Waals surface area contributed by atoms with Crippen molar-refractivity contribution in [3.8, 4) is 5.75 Å². The van der Waals surface area contributed by atoms with E-state index in [4.69, 9.17) is 0 Å². The van der Waals surface area contributed by atoms with Crippen LogP contribution in [0.1, 0.15) is 11.3 Å². The normalized spacial score (nSPS) is 10.4. The lowest BCUT2D eigenvalue weighted by atomic mass is 10.1. The molecule has 14 heavy (non-hydrogen) atoms. The molecule has 1 N–H and O–H groups in total. The summed E-state index contributed by atoms with van der Waals surface area (Å²) in [4.78, 5) is 4.37. The molecule has 0 radical (unpaired) electrons. The first-order valence-electron chi connectivity index (χ1n) is 4.44. The van der Waals surface area contributed by atoms with Gasteiger partial charge in [0.2, 0.25) is 0 Å². The fourth-order valence-corrected chi connectivity index (χ4v) is 1.53. The summed E-state index contributed by atoms with van der Waals surface area (Å²) in [7, 11) is 0. The van der Waals surface area contributed by atoms with Gasteiger partial charge >= 0.3 is 0 Å². The van der Waals surface area contributed by atoms with E-state index in [9.17, 15) is 5.11 Å². The Bertz CT molecular complexity index is 503. The van der Waals surface area contributed by atoms with E-state index in [2.05, 4.69) is 11.6 Å². The van der Waals surface area contributed by atoms with Crippen molar-refractivity contribution in [3.05, 3.63) is 42.1 Å². The Morgan fingerprint density at radius 1 is 1.29 bits per heavy atom. The minimum Gasteiger partial charge on any atom is -0.507 e. The van der Waals surface area contributed by atoms with Crippen molar-refractivity contribution in [2.75, 3.05) is 0 Å². The molecule has 70 valence electrons. The highest BCUT2D eigenvalue weighted by Crippen LogP contribution is 2.26. The van der Waals surface area contributed by atoms with Crippen molar-refractivity contribution in [1.82, 2.24) is 4.98 Å². The molecule has 2 heteroatoms. The van der Waals surface area contributed by atoms with Crippen molar-refractivity contribution in [2.24, 2.45) is 0 Å². The first-order valence-corrected chi connectivity index (χ1v) is 4.44. The monoisotopic (exact) mass is 185 g/mol. The second kappa shape index (κ2) is 3.14. The van der Waals surface area contributed by atoms with Gasteiger partial charge in [0, 0.05) is 16.6 Å². The largest absolute Gasteiger partial charge is 0.507 e. The molecule has 2 nitrogen and oxygen atoms in total. The third kappa shape index (κ3) is 1.25. The molecule has 0 amide bonds. The third-order valence-electron chi connectivity index (χ3n) is 2.23. The van der Waals surface area contributed by atoms with Crippen LogP contribution in [0.2, 0.25) is 0 Å². The van der Waals surface area contributed by atoms with Crippen LogP contribution in [-0.2, 0) is 0 Å². The lowest BCUT2D eigenvalue weighted by molar-refractivity contribution is 0.475. The highest BCUT2D eigenvalue weighted by molar-refractivity contribution is 5.90. The van der Waals surface area contributed by atoms with Gasteiger partial charge in [0.1, 0.15) is 5.75 Å². The number of phenolic OH excluding ortho intramolecular Hbond substituents is 1. The Morgan fingerprint density at radius 3 is 2.79 bits per heavy atom. The highest BCUT2D eigenvalue weighted by atomic mass is 16.3. The predicted molar refractivity (Wildman–Crippen MR) is 58.2 cm³/mol. The number of aryl methyl sites for hydroxylation is 1. The van der Waals surface area contributed by atoms with Crippen molar-refractivity contribution in [1.29, 1.82) is 0 Å². The zero-order valence-electron chi connectivity index (χ0n) is 7.99. The molecule has 0 spiro atoms. The molecule has 1 aromatic carbocycles. The number of fused-ring (bicyclic) bond motifs is 1. The van der Waals surface area contributed by atoms with Crippen LogP contribution in [-0.4, -0.2) is 10.1 Å². The Balaban J connectivity index is 2.88. The summed E-state index contributed by atoms with van der Waals surface area (Å²) in [6.45, 7) is 5.62. The highest BCUT2D eigenvalue weighted by Gasteiger charge is 2.03. The molecule has 0 bridgehead atoms. The predicted octanol–water partition coefficient (Wildman–Crippen LogP) is 2.89. The van der Waals surface area contributed by atoms with Gasteiger partial charge in [0.25, 0.3) is 0 Å². The van der Waals surface area contributed by atoms with Gasteiger partial charge < -0.3 is 5.11 Å². The molecule has 1 aromatic heterocycles. The maximum atomic E-state index is 9.58. The molecule has 0 aliphatic rings. The van der Waals surface area contributed by atoms with E-state index in [0.29, 0.717) is 0 Å². The van der Waals surface area contributed by atoms with Gasteiger partial charge in [-0.15, -0.1) is 0 Å². The maximum Gasteiger partial charge on any atom is 0.123 e. The Morgan fingerprint density at radius 2 is 2.07 bits per heavy atom. The summed E-state index contributed by atoms with van der Waals surface area (Å²) in [6.07, 6.45) is 1.65. The number of phenols is 1. The van der Waals surface area contributed by atoms with Crippen LogP contribution < -0.4 is 0 Å². The van der Waals surface area contributed by atoms with Crippen molar-refractivity contribution < 1.29 is 5.11 Å². The van der Waals surface area contributed by atoms with E-state index in [1.807, 2.05) is 25.1 Å². The van der Waals surface area contributed by atoms with E-state index >= 15 is 0 Å². The average Bonchev–Trinajstić information content (AvgIpc) is 2.18. The summed E-state index contributed by atoms with van der Waals surface area (Å²) < 4.78 is 0. The van der Waals surface area contributed by atoms with Gasteiger partial charge in [-0.2, -0.15) is 0 Å². The fourth-order valence-electron chi connectivity index (χ4n) is 1.53. The molecule has 0 saturated carbocycles. The summed E-state index contributed by atoms with van der Waals surface area (Å²) in [5.41, 5.74) is 2.60. The molecular formula is C12H11NO. The van der Waals surface area contributed by atoms with Gasteiger partial charge in [-0.1, -0.05) is 18.7 Å². The first-order chi connectivity index (χ1) is 6.72. The second-order valence-corrected chi connectivity index (χ2v) is 3.22. The number of benzene rings is 1. The quantitative estimate of drug-likeness (QED) is 0.741. The molecule has 1 heterocycles. The van der Waals surface area contributed by atoms with Crippen LogP contribution in [0, 0.1) is 6.92 Å². The summed E-state index contributed by atoms with van der Waals surface area (Å²) >= 11 is 0. The number of rotatable bonds is 1. The first kappa shape index (κ1) is 8.75. The van der Waals surface area contributed by atoms with Crippen molar-refractivity contribution >= 4 is 17.0 Å². The molecule has 0 aliphatic heterocycles. The number of hydrogen-bond donors (Lipinski definition) is 1. The number of aromatic nitrogens is 1. The molecule has 0 aliphatic carbocycles. The molecule has 0 unspecified atom stereocenters. The van der Waals surface area contributed by atoms with Gasteiger partial charge in [-0.05, 0) is 25.1 Å². The lowest BCUT2D eigenvalue weighted by Gasteiger charge is -2.04. The van der Waals surface area contributed by atoms with E-state index in [0.717, 1.165) is 22.2 Å². The Labute approximate surface area is 82.5 Å². The number of hydrogen-bond acceptors (Lipinski definition) is 2. The molecule has 2 aromatic rings. The van der Waals surface area contributed by atoms with E-state index in [-0.39, 0.29) is 5.75 Å². The second-order valence-electron chi connectivity index (χ2n) is 3.22. The van der Waals surface area contributed by atoms with Crippen LogP contribution in [0.5, 0.6) is 5.75 Å². The average molecular weight is 185 g/mol. The summed E-state index contributed by atoms with van der Waals surface area (Å²) in [5, 5.41) is 10.5. The zero-order chi connectivity index (χ0) is 10.1. The fraction of sp³-hybridized carbons (Fsp3) is 0.0833. The molecule has 2 rings (SSSR count). The van der Waals surface area contributed by atoms with Crippen LogP contribution >= 0.6 is 0 Å². The third-order valence-corrected chi connectivity index (χ3v) is 2.23. The lowest BCUT2D eigenvalue weighted by Crippen LogP contribution is -1.85. The Hall–Kier alpha value is -1.83.